The first-order valence-electron chi connectivity index (χ1n) is 9.10. The molecule has 4 nitrogen and oxygen atoms in total. The molecule has 4 rings (SSSR count). The van der Waals surface area contributed by atoms with E-state index in [0.29, 0.717) is 25.1 Å². The summed E-state index contributed by atoms with van der Waals surface area (Å²) in [4.78, 5) is 23.2. The third-order valence-corrected chi connectivity index (χ3v) is 5.58. The molecule has 2 aromatic rings. The number of pyridine rings is 2. The summed E-state index contributed by atoms with van der Waals surface area (Å²) in [7, 11) is 0. The first-order chi connectivity index (χ1) is 12.5. The molecule has 1 unspecified atom stereocenters. The Morgan fingerprint density at radius 1 is 1.08 bits per heavy atom. The summed E-state index contributed by atoms with van der Waals surface area (Å²) < 4.78 is 26.8. The summed E-state index contributed by atoms with van der Waals surface area (Å²) in [5, 5.41) is 0. The van der Waals surface area contributed by atoms with E-state index in [4.69, 9.17) is 0 Å². The molecule has 0 N–H and O–H groups in total. The summed E-state index contributed by atoms with van der Waals surface area (Å²) >= 11 is 0. The maximum Gasteiger partial charge on any atom is 0.272 e. The molecule has 1 amide bonds. The molecule has 0 aromatic carbocycles. The minimum absolute atomic E-state index is 0.0635. The average molecular weight is 357 g/mol. The molecule has 1 aliphatic heterocycles. The molecule has 3 heterocycles. The van der Waals surface area contributed by atoms with E-state index in [1.54, 1.807) is 18.5 Å². The van der Waals surface area contributed by atoms with Crippen LogP contribution < -0.4 is 0 Å². The average Bonchev–Trinajstić information content (AvgIpc) is 2.63. The largest absolute Gasteiger partial charge is 0.334 e. The predicted octanol–water partition coefficient (Wildman–Crippen LogP) is 4.18. The molecule has 2 aromatic heterocycles. The number of halogens is 2. The zero-order chi connectivity index (χ0) is 18.1. The fourth-order valence-electron chi connectivity index (χ4n) is 3.98. The Balaban J connectivity index is 1.48. The van der Waals surface area contributed by atoms with E-state index < -0.39 is 5.92 Å². The molecule has 6 heteroatoms. The van der Waals surface area contributed by atoms with Crippen molar-refractivity contribution < 1.29 is 13.6 Å². The van der Waals surface area contributed by atoms with Crippen molar-refractivity contribution in [3.63, 3.8) is 0 Å². The number of carbonyl (C=O) groups is 1. The van der Waals surface area contributed by atoms with Gasteiger partial charge in [0.25, 0.3) is 5.91 Å². The number of aromatic nitrogens is 2. The Morgan fingerprint density at radius 3 is 2.46 bits per heavy atom. The van der Waals surface area contributed by atoms with Gasteiger partial charge in [-0.2, -0.15) is 0 Å². The van der Waals surface area contributed by atoms with Crippen LogP contribution in [-0.2, 0) is 0 Å². The van der Waals surface area contributed by atoms with Crippen LogP contribution in [0, 0.1) is 5.92 Å². The molecule has 1 aliphatic carbocycles. The zero-order valence-electron chi connectivity index (χ0n) is 14.4. The van der Waals surface area contributed by atoms with E-state index in [0.717, 1.165) is 17.7 Å². The maximum absolute atomic E-state index is 13.4. The van der Waals surface area contributed by atoms with Crippen LogP contribution in [0.5, 0.6) is 0 Å². The van der Waals surface area contributed by atoms with Crippen LogP contribution in [0.15, 0.2) is 42.7 Å². The highest BCUT2D eigenvalue weighted by Gasteiger charge is 2.43. The second kappa shape index (κ2) is 6.74. The summed E-state index contributed by atoms with van der Waals surface area (Å²) in [5.41, 5.74) is 2.04. The first kappa shape index (κ1) is 17.1. The van der Waals surface area contributed by atoms with E-state index in [-0.39, 0.29) is 30.7 Å². The number of amides is 1. The second-order valence-corrected chi connectivity index (χ2v) is 7.19. The van der Waals surface area contributed by atoms with Gasteiger partial charge < -0.3 is 4.90 Å². The fourth-order valence-corrected chi connectivity index (χ4v) is 3.98. The van der Waals surface area contributed by atoms with Crippen LogP contribution in [0.4, 0.5) is 8.78 Å². The Kier molecular flexibility index (Phi) is 4.42. The molecular formula is C20H21F2N3O. The van der Waals surface area contributed by atoms with Gasteiger partial charge in [0.15, 0.2) is 0 Å². The number of nitrogens with zero attached hydrogens (tertiary/aromatic N) is 3. The summed E-state index contributed by atoms with van der Waals surface area (Å²) in [6, 6.07) is 9.19. The molecule has 26 heavy (non-hydrogen) atoms. The fraction of sp³-hybridized carbons (Fsp3) is 0.450. The molecule has 1 saturated heterocycles. The van der Waals surface area contributed by atoms with Crippen molar-refractivity contribution in [2.45, 2.75) is 44.1 Å². The molecule has 1 atom stereocenters. The van der Waals surface area contributed by atoms with Gasteiger partial charge in [0, 0.05) is 43.4 Å². The van der Waals surface area contributed by atoms with E-state index >= 15 is 0 Å². The van der Waals surface area contributed by atoms with Gasteiger partial charge in [-0.1, -0.05) is 6.07 Å². The summed E-state index contributed by atoms with van der Waals surface area (Å²) in [6.07, 6.45) is 5.13. The van der Waals surface area contributed by atoms with Crippen LogP contribution in [0.2, 0.25) is 0 Å². The highest BCUT2D eigenvalue weighted by molar-refractivity contribution is 5.93. The topological polar surface area (TPSA) is 46.1 Å². The van der Waals surface area contributed by atoms with Gasteiger partial charge in [-0.3, -0.25) is 9.78 Å². The van der Waals surface area contributed by atoms with Gasteiger partial charge in [-0.15, -0.1) is 0 Å². The van der Waals surface area contributed by atoms with Gasteiger partial charge in [-0.25, -0.2) is 13.8 Å². The number of likely N-dealkylation sites (tertiary alicyclic amines) is 1. The highest BCUT2D eigenvalue weighted by Crippen LogP contribution is 2.41. The van der Waals surface area contributed by atoms with Crippen molar-refractivity contribution >= 4 is 5.91 Å². The Hall–Kier alpha value is -2.37. The van der Waals surface area contributed by atoms with Crippen molar-refractivity contribution in [1.29, 1.82) is 0 Å². The number of alkyl halides is 2. The minimum Gasteiger partial charge on any atom is -0.334 e. The number of rotatable bonds is 3. The SMILES string of the molecule is O=C(c1cccc(-c2ccncc2)n1)N1CCC1C1CCC(F)(F)CC1. The van der Waals surface area contributed by atoms with Crippen molar-refractivity contribution in [2.75, 3.05) is 6.54 Å². The van der Waals surface area contributed by atoms with Gasteiger partial charge in [-0.05, 0) is 49.4 Å². The lowest BCUT2D eigenvalue weighted by atomic mass is 9.77. The van der Waals surface area contributed by atoms with E-state index in [1.807, 2.05) is 29.2 Å². The molecule has 136 valence electrons. The lowest BCUT2D eigenvalue weighted by Crippen LogP contribution is -2.55. The smallest absolute Gasteiger partial charge is 0.272 e. The quantitative estimate of drug-likeness (QED) is 0.828. The van der Waals surface area contributed by atoms with Gasteiger partial charge in [0.05, 0.1) is 5.69 Å². The van der Waals surface area contributed by atoms with Gasteiger partial charge in [0.2, 0.25) is 5.92 Å². The molecule has 1 saturated carbocycles. The molecule has 2 aliphatic rings. The van der Waals surface area contributed by atoms with Crippen molar-refractivity contribution in [3.05, 3.63) is 48.4 Å². The standard InChI is InChI=1S/C20H21F2N3O/c21-20(22)9-4-15(5-10-20)18-8-13-25(18)19(26)17-3-1-2-16(24-17)14-6-11-23-12-7-14/h1-3,6-7,11-12,15,18H,4-5,8-10,13H2. The number of carbonyl (C=O) groups excluding carboxylic acids is 1. The monoisotopic (exact) mass is 357 g/mol. The van der Waals surface area contributed by atoms with Crippen LogP contribution in [0.3, 0.4) is 0 Å². The molecule has 0 radical (unpaired) electrons. The maximum atomic E-state index is 13.4. The first-order valence-corrected chi connectivity index (χ1v) is 9.10. The summed E-state index contributed by atoms with van der Waals surface area (Å²) in [6.45, 7) is 0.678. The number of hydrogen-bond donors (Lipinski definition) is 0. The molecule has 2 fully saturated rings. The predicted molar refractivity (Wildman–Crippen MR) is 93.8 cm³/mol. The zero-order valence-corrected chi connectivity index (χ0v) is 14.4. The summed E-state index contributed by atoms with van der Waals surface area (Å²) in [5.74, 6) is -2.46. The van der Waals surface area contributed by atoms with Crippen molar-refractivity contribution in [1.82, 2.24) is 14.9 Å². The van der Waals surface area contributed by atoms with E-state index in [2.05, 4.69) is 9.97 Å². The molecule has 0 spiro atoms. The van der Waals surface area contributed by atoms with Crippen LogP contribution in [0.25, 0.3) is 11.3 Å². The minimum atomic E-state index is -2.53. The van der Waals surface area contributed by atoms with Gasteiger partial charge in [0.1, 0.15) is 5.69 Å². The Morgan fingerprint density at radius 2 is 1.81 bits per heavy atom. The van der Waals surface area contributed by atoms with Crippen LogP contribution in [0.1, 0.15) is 42.6 Å². The third-order valence-electron chi connectivity index (χ3n) is 5.58. The number of hydrogen-bond acceptors (Lipinski definition) is 3. The van der Waals surface area contributed by atoms with Gasteiger partial charge >= 0.3 is 0 Å². The van der Waals surface area contributed by atoms with Crippen LogP contribution >= 0.6 is 0 Å². The third kappa shape index (κ3) is 3.32. The van der Waals surface area contributed by atoms with Crippen molar-refractivity contribution in [3.8, 4) is 11.3 Å². The lowest BCUT2D eigenvalue weighted by molar-refractivity contribution is -0.0635. The Labute approximate surface area is 151 Å². The van der Waals surface area contributed by atoms with Crippen molar-refractivity contribution in [2.24, 2.45) is 5.92 Å². The second-order valence-electron chi connectivity index (χ2n) is 7.19. The van der Waals surface area contributed by atoms with E-state index in [1.165, 1.54) is 0 Å². The Bertz CT molecular complexity index is 787. The highest BCUT2D eigenvalue weighted by atomic mass is 19.3. The molecule has 0 bridgehead atoms. The molecular weight excluding hydrogens is 336 g/mol. The lowest BCUT2D eigenvalue weighted by Gasteiger charge is -2.47. The normalized spacial score (nSPS) is 22.7. The van der Waals surface area contributed by atoms with E-state index in [9.17, 15) is 13.6 Å². The van der Waals surface area contributed by atoms with Crippen LogP contribution in [-0.4, -0.2) is 39.3 Å².